The molecule has 2 aromatic rings. The molecule has 0 fully saturated rings. The Hall–Kier alpha value is -2.30. The molecule has 0 spiro atoms. The summed E-state index contributed by atoms with van der Waals surface area (Å²) in [5, 5.41) is 7.14. The van der Waals surface area contributed by atoms with Crippen LogP contribution in [-0.4, -0.2) is 15.7 Å². The Morgan fingerprint density at radius 2 is 2.15 bits per heavy atom. The van der Waals surface area contributed by atoms with E-state index in [1.54, 1.807) is 4.68 Å². The number of anilines is 2. The largest absolute Gasteiger partial charge is 0.396 e. The average molecular weight is 272 g/mol. The molecule has 1 heterocycles. The lowest BCUT2D eigenvalue weighted by atomic mass is 10.1. The molecule has 0 bridgehead atoms. The topological polar surface area (TPSA) is 72.9 Å². The average Bonchev–Trinajstić information content (AvgIpc) is 2.66. The van der Waals surface area contributed by atoms with Crippen LogP contribution >= 0.6 is 0 Å². The van der Waals surface area contributed by atoms with Crippen LogP contribution in [-0.2, 0) is 17.8 Å². The first-order chi connectivity index (χ1) is 9.51. The van der Waals surface area contributed by atoms with Crippen LogP contribution in [0.3, 0.4) is 0 Å². The fourth-order valence-electron chi connectivity index (χ4n) is 2.07. The second-order valence-corrected chi connectivity index (χ2v) is 4.84. The maximum Gasteiger partial charge on any atom is 0.246 e. The Morgan fingerprint density at radius 1 is 1.40 bits per heavy atom. The zero-order chi connectivity index (χ0) is 14.7. The molecular formula is C15H20N4O. The van der Waals surface area contributed by atoms with E-state index < -0.39 is 0 Å². The molecular weight excluding hydrogens is 252 g/mol. The van der Waals surface area contributed by atoms with Gasteiger partial charge in [-0.15, -0.1) is 0 Å². The van der Waals surface area contributed by atoms with E-state index in [-0.39, 0.29) is 12.5 Å². The monoisotopic (exact) mass is 272 g/mol. The normalized spacial score (nSPS) is 10.6. The number of aryl methyl sites for hydroxylation is 2. The van der Waals surface area contributed by atoms with Crippen molar-refractivity contribution in [2.45, 2.75) is 33.7 Å². The standard InChI is InChI=1S/C15H20N4O/c1-4-12-6-5-7-13(8-12)17-14(20)9-19-11(3)15(16)10(2)18-19/h5-8H,4,9,16H2,1-3H3,(H,17,20). The van der Waals surface area contributed by atoms with Gasteiger partial charge in [-0.25, -0.2) is 0 Å². The summed E-state index contributed by atoms with van der Waals surface area (Å²) in [5.74, 6) is -0.108. The summed E-state index contributed by atoms with van der Waals surface area (Å²) in [4.78, 5) is 12.0. The van der Waals surface area contributed by atoms with Gasteiger partial charge >= 0.3 is 0 Å². The van der Waals surface area contributed by atoms with Crippen LogP contribution in [0.2, 0.25) is 0 Å². The molecule has 5 heteroatoms. The van der Waals surface area contributed by atoms with Crippen molar-refractivity contribution in [3.05, 3.63) is 41.2 Å². The van der Waals surface area contributed by atoms with Gasteiger partial charge in [0.25, 0.3) is 0 Å². The number of hydrogen-bond donors (Lipinski definition) is 2. The van der Waals surface area contributed by atoms with Gasteiger partial charge in [0.05, 0.1) is 17.1 Å². The molecule has 3 N–H and O–H groups in total. The highest BCUT2D eigenvalue weighted by Gasteiger charge is 2.11. The summed E-state index contributed by atoms with van der Waals surface area (Å²) >= 11 is 0. The van der Waals surface area contributed by atoms with Crippen molar-refractivity contribution in [2.75, 3.05) is 11.1 Å². The van der Waals surface area contributed by atoms with Gasteiger partial charge in [0.15, 0.2) is 0 Å². The number of aromatic nitrogens is 2. The van der Waals surface area contributed by atoms with Crippen molar-refractivity contribution in [2.24, 2.45) is 0 Å². The van der Waals surface area contributed by atoms with Gasteiger partial charge in [-0.3, -0.25) is 9.48 Å². The molecule has 1 aromatic heterocycles. The van der Waals surface area contributed by atoms with Crippen molar-refractivity contribution in [1.82, 2.24) is 9.78 Å². The van der Waals surface area contributed by atoms with Crippen molar-refractivity contribution in [1.29, 1.82) is 0 Å². The van der Waals surface area contributed by atoms with Crippen molar-refractivity contribution in [3.8, 4) is 0 Å². The summed E-state index contributed by atoms with van der Waals surface area (Å²) < 4.78 is 1.63. The van der Waals surface area contributed by atoms with Crippen LogP contribution < -0.4 is 11.1 Å². The second kappa shape index (κ2) is 5.77. The zero-order valence-electron chi connectivity index (χ0n) is 12.1. The van der Waals surface area contributed by atoms with E-state index in [1.165, 1.54) is 5.56 Å². The molecule has 20 heavy (non-hydrogen) atoms. The minimum atomic E-state index is -0.108. The fraction of sp³-hybridized carbons (Fsp3) is 0.333. The molecule has 0 unspecified atom stereocenters. The van der Waals surface area contributed by atoms with E-state index in [0.717, 1.165) is 23.5 Å². The van der Waals surface area contributed by atoms with Crippen molar-refractivity contribution in [3.63, 3.8) is 0 Å². The van der Waals surface area contributed by atoms with Crippen molar-refractivity contribution >= 4 is 17.3 Å². The minimum absolute atomic E-state index is 0.108. The number of rotatable bonds is 4. The summed E-state index contributed by atoms with van der Waals surface area (Å²) in [6, 6.07) is 7.84. The highest BCUT2D eigenvalue weighted by atomic mass is 16.2. The predicted octanol–water partition coefficient (Wildman–Crippen LogP) is 2.28. The maximum absolute atomic E-state index is 12.0. The number of hydrogen-bond acceptors (Lipinski definition) is 3. The Labute approximate surface area is 118 Å². The van der Waals surface area contributed by atoms with Gasteiger partial charge in [-0.2, -0.15) is 5.10 Å². The Morgan fingerprint density at radius 3 is 2.75 bits per heavy atom. The summed E-state index contributed by atoms with van der Waals surface area (Å²) in [5.41, 5.74) is 10.1. The molecule has 106 valence electrons. The fourth-order valence-corrected chi connectivity index (χ4v) is 2.07. The molecule has 2 rings (SSSR count). The second-order valence-electron chi connectivity index (χ2n) is 4.84. The van der Waals surface area contributed by atoms with E-state index in [4.69, 9.17) is 5.73 Å². The third kappa shape index (κ3) is 2.99. The third-order valence-electron chi connectivity index (χ3n) is 3.35. The highest BCUT2D eigenvalue weighted by Crippen LogP contribution is 2.15. The SMILES string of the molecule is CCc1cccc(NC(=O)Cn2nc(C)c(N)c2C)c1. The Kier molecular flexibility index (Phi) is 4.08. The van der Waals surface area contributed by atoms with Crippen LogP contribution in [0.25, 0.3) is 0 Å². The van der Waals surface area contributed by atoms with E-state index in [2.05, 4.69) is 17.3 Å². The summed E-state index contributed by atoms with van der Waals surface area (Å²) in [6.45, 7) is 5.95. The van der Waals surface area contributed by atoms with Gasteiger partial charge in [0, 0.05) is 5.69 Å². The lowest BCUT2D eigenvalue weighted by Gasteiger charge is -2.08. The van der Waals surface area contributed by atoms with Crippen LogP contribution in [0.1, 0.15) is 23.9 Å². The molecule has 1 aromatic carbocycles. The number of nitrogens with one attached hydrogen (secondary N) is 1. The number of carbonyl (C=O) groups excluding carboxylic acids is 1. The van der Waals surface area contributed by atoms with Gasteiger partial charge < -0.3 is 11.1 Å². The number of nitrogens with two attached hydrogens (primary N) is 1. The smallest absolute Gasteiger partial charge is 0.246 e. The number of amides is 1. The lowest BCUT2D eigenvalue weighted by molar-refractivity contribution is -0.116. The molecule has 0 aliphatic heterocycles. The lowest BCUT2D eigenvalue weighted by Crippen LogP contribution is -2.20. The van der Waals surface area contributed by atoms with Crippen LogP contribution in [0, 0.1) is 13.8 Å². The van der Waals surface area contributed by atoms with Crippen LogP contribution in [0.15, 0.2) is 24.3 Å². The number of nitrogen functional groups attached to an aromatic ring is 1. The first kappa shape index (κ1) is 14.1. The molecule has 0 atom stereocenters. The predicted molar refractivity (Wildman–Crippen MR) is 80.6 cm³/mol. The van der Waals surface area contributed by atoms with Gasteiger partial charge in [0.2, 0.25) is 5.91 Å². The number of nitrogens with zero attached hydrogens (tertiary/aromatic N) is 2. The summed E-state index contributed by atoms with van der Waals surface area (Å²) in [7, 11) is 0. The minimum Gasteiger partial charge on any atom is -0.396 e. The molecule has 5 nitrogen and oxygen atoms in total. The van der Waals surface area contributed by atoms with Crippen molar-refractivity contribution < 1.29 is 4.79 Å². The highest BCUT2D eigenvalue weighted by molar-refractivity contribution is 5.90. The maximum atomic E-state index is 12.0. The van der Waals surface area contributed by atoms with Gasteiger partial charge in [0.1, 0.15) is 6.54 Å². The molecule has 0 aliphatic carbocycles. The molecule has 0 saturated carbocycles. The Balaban J connectivity index is 2.07. The van der Waals surface area contributed by atoms with E-state index >= 15 is 0 Å². The third-order valence-corrected chi connectivity index (χ3v) is 3.35. The quantitative estimate of drug-likeness (QED) is 0.896. The molecule has 0 radical (unpaired) electrons. The van der Waals surface area contributed by atoms with Gasteiger partial charge in [-0.1, -0.05) is 19.1 Å². The molecule has 0 saturated heterocycles. The number of carbonyl (C=O) groups is 1. The van der Waals surface area contributed by atoms with Gasteiger partial charge in [-0.05, 0) is 38.0 Å². The van der Waals surface area contributed by atoms with E-state index in [1.807, 2.05) is 38.1 Å². The molecule has 0 aliphatic rings. The number of benzene rings is 1. The zero-order valence-corrected chi connectivity index (χ0v) is 12.1. The summed E-state index contributed by atoms with van der Waals surface area (Å²) in [6.07, 6.45) is 0.942. The first-order valence-electron chi connectivity index (χ1n) is 6.69. The first-order valence-corrected chi connectivity index (χ1v) is 6.69. The Bertz CT molecular complexity index is 631. The van der Waals surface area contributed by atoms with Crippen LogP contribution in [0.5, 0.6) is 0 Å². The van der Waals surface area contributed by atoms with E-state index in [9.17, 15) is 4.79 Å². The van der Waals surface area contributed by atoms with Crippen LogP contribution in [0.4, 0.5) is 11.4 Å². The molecule has 1 amide bonds. The van der Waals surface area contributed by atoms with E-state index in [0.29, 0.717) is 5.69 Å².